The summed E-state index contributed by atoms with van der Waals surface area (Å²) in [5.74, 6) is 2.03. The fourth-order valence-corrected chi connectivity index (χ4v) is 2.90. The van der Waals surface area contributed by atoms with E-state index in [1.54, 1.807) is 6.33 Å². The molecule has 1 aliphatic heterocycles. The maximum atomic E-state index is 9.47. The molecule has 2 aromatic rings. The molecular formula is C18H24N4O. The Morgan fingerprint density at radius 2 is 2.00 bits per heavy atom. The summed E-state index contributed by atoms with van der Waals surface area (Å²) in [6.07, 6.45) is 2.63. The lowest BCUT2D eigenvalue weighted by atomic mass is 10.00. The van der Waals surface area contributed by atoms with Crippen LogP contribution in [0.3, 0.4) is 0 Å². The van der Waals surface area contributed by atoms with E-state index >= 15 is 0 Å². The lowest BCUT2D eigenvalue weighted by molar-refractivity contribution is 0.249. The number of fused-ring (bicyclic) bond motifs is 1. The predicted octanol–water partition coefficient (Wildman–Crippen LogP) is 2.47. The molecule has 1 aromatic heterocycles. The zero-order valence-corrected chi connectivity index (χ0v) is 13.7. The number of aliphatic hydroxyl groups excluding tert-OH is 1. The summed E-state index contributed by atoms with van der Waals surface area (Å²) in [5, 5.41) is 12.8. The van der Waals surface area contributed by atoms with Crippen LogP contribution in [0.15, 0.2) is 36.7 Å². The lowest BCUT2D eigenvalue weighted by Crippen LogP contribution is -2.32. The third kappa shape index (κ3) is 3.62. The van der Waals surface area contributed by atoms with Crippen molar-refractivity contribution in [3.63, 3.8) is 0 Å². The molecule has 0 saturated heterocycles. The van der Waals surface area contributed by atoms with E-state index in [0.717, 1.165) is 31.1 Å². The highest BCUT2D eigenvalue weighted by Gasteiger charge is 2.18. The highest BCUT2D eigenvalue weighted by atomic mass is 16.3. The summed E-state index contributed by atoms with van der Waals surface area (Å²) in [6.45, 7) is 6.09. The number of hydrogen-bond acceptors (Lipinski definition) is 5. The number of benzene rings is 1. The first-order valence-electron chi connectivity index (χ1n) is 8.18. The Kier molecular flexibility index (Phi) is 4.76. The molecule has 5 heteroatoms. The second-order valence-electron chi connectivity index (χ2n) is 6.38. The molecule has 2 heterocycles. The van der Waals surface area contributed by atoms with Crippen molar-refractivity contribution >= 4 is 11.6 Å². The SMILES string of the molecule is CC(C)[C@H](CO)Nc1cc(N2CCc3ccccc3C2)ncn1. The van der Waals surface area contributed by atoms with Crippen LogP contribution in [0.5, 0.6) is 0 Å². The largest absolute Gasteiger partial charge is 0.394 e. The van der Waals surface area contributed by atoms with E-state index < -0.39 is 0 Å². The second-order valence-corrected chi connectivity index (χ2v) is 6.38. The van der Waals surface area contributed by atoms with Gasteiger partial charge in [0.25, 0.3) is 0 Å². The first-order valence-corrected chi connectivity index (χ1v) is 8.18. The second kappa shape index (κ2) is 6.96. The number of hydrogen-bond donors (Lipinski definition) is 2. The van der Waals surface area contributed by atoms with E-state index in [1.807, 2.05) is 6.07 Å². The first-order chi connectivity index (χ1) is 11.2. The van der Waals surface area contributed by atoms with Crippen LogP contribution in [0.25, 0.3) is 0 Å². The molecule has 0 fully saturated rings. The molecule has 23 heavy (non-hydrogen) atoms. The molecule has 1 aromatic carbocycles. The number of rotatable bonds is 5. The molecule has 0 unspecified atom stereocenters. The van der Waals surface area contributed by atoms with Crippen molar-refractivity contribution in [3.8, 4) is 0 Å². The van der Waals surface area contributed by atoms with Gasteiger partial charge in [-0.2, -0.15) is 0 Å². The van der Waals surface area contributed by atoms with Crippen LogP contribution in [0.4, 0.5) is 11.6 Å². The van der Waals surface area contributed by atoms with E-state index in [2.05, 4.69) is 58.3 Å². The summed E-state index contributed by atoms with van der Waals surface area (Å²) in [7, 11) is 0. The fraction of sp³-hybridized carbons (Fsp3) is 0.444. The van der Waals surface area contributed by atoms with Crippen LogP contribution in [-0.4, -0.2) is 34.3 Å². The van der Waals surface area contributed by atoms with E-state index in [9.17, 15) is 5.11 Å². The number of nitrogens with one attached hydrogen (secondary N) is 1. The van der Waals surface area contributed by atoms with E-state index in [1.165, 1.54) is 11.1 Å². The monoisotopic (exact) mass is 312 g/mol. The van der Waals surface area contributed by atoms with Crippen molar-refractivity contribution in [3.05, 3.63) is 47.8 Å². The van der Waals surface area contributed by atoms with Gasteiger partial charge < -0.3 is 15.3 Å². The molecule has 122 valence electrons. The molecule has 0 aliphatic carbocycles. The Labute approximate surface area is 137 Å². The normalized spacial score (nSPS) is 15.4. The average Bonchev–Trinajstić information content (AvgIpc) is 2.59. The van der Waals surface area contributed by atoms with Crippen molar-refractivity contribution in [2.24, 2.45) is 5.92 Å². The van der Waals surface area contributed by atoms with Gasteiger partial charge >= 0.3 is 0 Å². The lowest BCUT2D eigenvalue weighted by Gasteiger charge is -2.30. The van der Waals surface area contributed by atoms with Gasteiger partial charge in [0.2, 0.25) is 0 Å². The first kappa shape index (κ1) is 15.7. The van der Waals surface area contributed by atoms with Crippen LogP contribution >= 0.6 is 0 Å². The molecule has 1 aliphatic rings. The van der Waals surface area contributed by atoms with Gasteiger partial charge in [-0.1, -0.05) is 38.1 Å². The Morgan fingerprint density at radius 3 is 2.74 bits per heavy atom. The highest BCUT2D eigenvalue weighted by molar-refractivity contribution is 5.51. The average molecular weight is 312 g/mol. The van der Waals surface area contributed by atoms with Crippen molar-refractivity contribution < 1.29 is 5.11 Å². The van der Waals surface area contributed by atoms with Crippen molar-refractivity contribution in [1.29, 1.82) is 0 Å². The smallest absolute Gasteiger partial charge is 0.134 e. The van der Waals surface area contributed by atoms with Gasteiger partial charge in [-0.15, -0.1) is 0 Å². The molecule has 0 saturated carbocycles. The minimum Gasteiger partial charge on any atom is -0.394 e. The van der Waals surface area contributed by atoms with Crippen molar-refractivity contribution in [2.75, 3.05) is 23.4 Å². The predicted molar refractivity (Wildman–Crippen MR) is 92.6 cm³/mol. The van der Waals surface area contributed by atoms with E-state index in [-0.39, 0.29) is 12.6 Å². The molecule has 3 rings (SSSR count). The van der Waals surface area contributed by atoms with Crippen LogP contribution < -0.4 is 10.2 Å². The molecule has 1 atom stereocenters. The Bertz CT molecular complexity index is 659. The summed E-state index contributed by atoms with van der Waals surface area (Å²) in [4.78, 5) is 11.0. The quantitative estimate of drug-likeness (QED) is 0.888. The third-order valence-electron chi connectivity index (χ3n) is 4.44. The van der Waals surface area contributed by atoms with Gasteiger partial charge in [0.15, 0.2) is 0 Å². The van der Waals surface area contributed by atoms with E-state index in [4.69, 9.17) is 0 Å². The maximum Gasteiger partial charge on any atom is 0.134 e. The summed E-state index contributed by atoms with van der Waals surface area (Å²) < 4.78 is 0. The Balaban J connectivity index is 1.76. The molecule has 0 spiro atoms. The number of nitrogens with zero attached hydrogens (tertiary/aromatic N) is 3. The van der Waals surface area contributed by atoms with Crippen molar-refractivity contribution in [2.45, 2.75) is 32.9 Å². The molecule has 5 nitrogen and oxygen atoms in total. The van der Waals surface area contributed by atoms with Gasteiger partial charge in [-0.05, 0) is 23.5 Å². The van der Waals surface area contributed by atoms with Gasteiger partial charge in [-0.3, -0.25) is 0 Å². The third-order valence-corrected chi connectivity index (χ3v) is 4.44. The van der Waals surface area contributed by atoms with Gasteiger partial charge in [0.1, 0.15) is 18.0 Å². The number of aromatic nitrogens is 2. The van der Waals surface area contributed by atoms with Crippen LogP contribution in [0.2, 0.25) is 0 Å². The number of anilines is 2. The summed E-state index contributed by atoms with van der Waals surface area (Å²) in [5.41, 5.74) is 2.79. The van der Waals surface area contributed by atoms with Crippen LogP contribution in [-0.2, 0) is 13.0 Å². The zero-order valence-electron chi connectivity index (χ0n) is 13.7. The van der Waals surface area contributed by atoms with Crippen molar-refractivity contribution in [1.82, 2.24) is 9.97 Å². The molecule has 2 N–H and O–H groups in total. The molecule has 0 amide bonds. The summed E-state index contributed by atoms with van der Waals surface area (Å²) in [6, 6.07) is 10.5. The topological polar surface area (TPSA) is 61.3 Å². The Hall–Kier alpha value is -2.14. The minimum atomic E-state index is -0.000156. The Morgan fingerprint density at radius 1 is 1.22 bits per heavy atom. The molecule has 0 bridgehead atoms. The standard InChI is InChI=1S/C18H24N4O/c1-13(2)16(11-23)21-17-9-18(20-12-19-17)22-8-7-14-5-3-4-6-15(14)10-22/h3-6,9,12-13,16,23H,7-8,10-11H2,1-2H3,(H,19,20,21)/t16-/m0/s1. The maximum absolute atomic E-state index is 9.47. The molecular weight excluding hydrogens is 288 g/mol. The van der Waals surface area contributed by atoms with Gasteiger partial charge in [0, 0.05) is 19.2 Å². The van der Waals surface area contributed by atoms with Gasteiger partial charge in [-0.25, -0.2) is 9.97 Å². The zero-order chi connectivity index (χ0) is 16.2. The van der Waals surface area contributed by atoms with E-state index in [0.29, 0.717) is 5.92 Å². The molecule has 0 radical (unpaired) electrons. The highest BCUT2D eigenvalue weighted by Crippen LogP contribution is 2.24. The van der Waals surface area contributed by atoms with Gasteiger partial charge in [0.05, 0.1) is 12.6 Å². The van der Waals surface area contributed by atoms with Crippen LogP contribution in [0, 0.1) is 5.92 Å². The minimum absolute atomic E-state index is 0.000156. The fourth-order valence-electron chi connectivity index (χ4n) is 2.90. The summed E-state index contributed by atoms with van der Waals surface area (Å²) >= 11 is 0. The number of aliphatic hydroxyl groups is 1. The van der Waals surface area contributed by atoms with Crippen LogP contribution in [0.1, 0.15) is 25.0 Å².